The Balaban J connectivity index is 1.66. The smallest absolute Gasteiger partial charge is 0.231 e. The predicted octanol–water partition coefficient (Wildman–Crippen LogP) is 3.17. The molecule has 2 heterocycles. The van der Waals surface area contributed by atoms with Crippen molar-refractivity contribution in [2.24, 2.45) is 5.92 Å². The minimum absolute atomic E-state index is 0.0375. The maximum Gasteiger partial charge on any atom is 0.231 e. The third-order valence-electron chi connectivity index (χ3n) is 5.17. The van der Waals surface area contributed by atoms with Gasteiger partial charge in [0.1, 0.15) is 25.6 Å². The normalized spacial score (nSPS) is 17.6. The summed E-state index contributed by atoms with van der Waals surface area (Å²) in [5, 5.41) is 3.28. The van der Waals surface area contributed by atoms with Crippen LogP contribution in [0.3, 0.4) is 0 Å². The molecule has 29 heavy (non-hydrogen) atoms. The van der Waals surface area contributed by atoms with Crippen molar-refractivity contribution in [1.29, 1.82) is 0 Å². The first-order valence-electron chi connectivity index (χ1n) is 9.99. The van der Waals surface area contributed by atoms with Crippen LogP contribution in [0.4, 0.5) is 5.69 Å². The lowest BCUT2D eigenvalue weighted by Crippen LogP contribution is -2.37. The maximum absolute atomic E-state index is 13.4. The molecule has 6 nitrogen and oxygen atoms in total. The van der Waals surface area contributed by atoms with Gasteiger partial charge in [0.05, 0.1) is 12.5 Å². The van der Waals surface area contributed by atoms with E-state index in [9.17, 15) is 4.79 Å². The first-order chi connectivity index (χ1) is 14.3. The average molecular weight is 394 g/mol. The van der Waals surface area contributed by atoms with Gasteiger partial charge in [-0.15, -0.1) is 0 Å². The minimum Gasteiger partial charge on any atom is -0.489 e. The Morgan fingerprint density at radius 3 is 2.83 bits per heavy atom. The summed E-state index contributed by atoms with van der Waals surface area (Å²) in [6.45, 7) is 7.17. The number of nitrogens with zero attached hydrogens (tertiary/aromatic N) is 1. The molecule has 2 aliphatic rings. The fourth-order valence-corrected chi connectivity index (χ4v) is 3.68. The van der Waals surface area contributed by atoms with Gasteiger partial charge in [0.15, 0.2) is 11.5 Å². The fraction of sp³-hybridized carbons (Fsp3) is 0.348. The number of hydrogen-bond donors (Lipinski definition) is 1. The van der Waals surface area contributed by atoms with Gasteiger partial charge < -0.3 is 24.4 Å². The molecular weight excluding hydrogens is 368 g/mol. The van der Waals surface area contributed by atoms with E-state index in [0.717, 1.165) is 30.0 Å². The highest BCUT2D eigenvalue weighted by atomic mass is 16.6. The molecule has 1 atom stereocenters. The monoisotopic (exact) mass is 394 g/mol. The van der Waals surface area contributed by atoms with E-state index in [4.69, 9.17) is 14.2 Å². The van der Waals surface area contributed by atoms with Gasteiger partial charge >= 0.3 is 0 Å². The van der Waals surface area contributed by atoms with E-state index in [1.165, 1.54) is 0 Å². The number of fused-ring (bicyclic) bond motifs is 1. The van der Waals surface area contributed by atoms with Crippen LogP contribution in [-0.4, -0.2) is 38.8 Å². The third kappa shape index (κ3) is 4.38. The molecule has 0 aromatic heterocycles. The molecule has 2 aliphatic heterocycles. The van der Waals surface area contributed by atoms with E-state index in [-0.39, 0.29) is 11.8 Å². The molecule has 2 aromatic carbocycles. The average Bonchev–Trinajstić information content (AvgIpc) is 3.31. The summed E-state index contributed by atoms with van der Waals surface area (Å²) in [4.78, 5) is 15.2. The molecule has 6 heteroatoms. The number of carbonyl (C=O) groups excluding carboxylic acids is 1. The van der Waals surface area contributed by atoms with E-state index < -0.39 is 0 Å². The molecule has 1 fully saturated rings. The number of hydrogen-bond acceptors (Lipinski definition) is 5. The lowest BCUT2D eigenvalue weighted by Gasteiger charge is -2.28. The Labute approximate surface area is 171 Å². The molecule has 0 aliphatic carbocycles. The molecular formula is C23H26N2O4. The second-order valence-corrected chi connectivity index (χ2v) is 7.15. The number of ether oxygens (including phenoxy) is 3. The molecule has 152 valence electrons. The van der Waals surface area contributed by atoms with Crippen molar-refractivity contribution in [2.75, 3.05) is 37.8 Å². The summed E-state index contributed by atoms with van der Waals surface area (Å²) in [6, 6.07) is 13.5. The SMILES string of the molecule is C=CCOc1ccccc1CN(C(=O)C1CCNC1)c1ccc2c(c1)OCCO2. The molecule has 1 saturated heterocycles. The number of rotatable bonds is 7. The molecule has 1 amide bonds. The number of nitrogens with one attached hydrogen (secondary N) is 1. The zero-order chi connectivity index (χ0) is 20.1. The van der Waals surface area contributed by atoms with E-state index in [2.05, 4.69) is 11.9 Å². The van der Waals surface area contributed by atoms with Crippen molar-refractivity contribution in [3.8, 4) is 17.2 Å². The van der Waals surface area contributed by atoms with E-state index in [0.29, 0.717) is 44.4 Å². The zero-order valence-electron chi connectivity index (χ0n) is 16.4. The van der Waals surface area contributed by atoms with Crippen molar-refractivity contribution < 1.29 is 19.0 Å². The zero-order valence-corrected chi connectivity index (χ0v) is 16.4. The van der Waals surface area contributed by atoms with Crippen LogP contribution in [0.1, 0.15) is 12.0 Å². The van der Waals surface area contributed by atoms with Crippen molar-refractivity contribution in [1.82, 2.24) is 5.32 Å². The molecule has 0 saturated carbocycles. The van der Waals surface area contributed by atoms with Crippen LogP contribution < -0.4 is 24.4 Å². The van der Waals surface area contributed by atoms with Gasteiger partial charge in [-0.25, -0.2) is 0 Å². The van der Waals surface area contributed by atoms with Gasteiger partial charge in [0.2, 0.25) is 5.91 Å². The third-order valence-corrected chi connectivity index (χ3v) is 5.17. The summed E-state index contributed by atoms with van der Waals surface area (Å²) in [5.41, 5.74) is 1.74. The van der Waals surface area contributed by atoms with Crippen LogP contribution in [-0.2, 0) is 11.3 Å². The van der Waals surface area contributed by atoms with Crippen molar-refractivity contribution in [3.05, 3.63) is 60.7 Å². The van der Waals surface area contributed by atoms with Gasteiger partial charge in [-0.3, -0.25) is 4.79 Å². The number of anilines is 1. The molecule has 1 N–H and O–H groups in total. The quantitative estimate of drug-likeness (QED) is 0.731. The van der Waals surface area contributed by atoms with Crippen LogP contribution in [0.2, 0.25) is 0 Å². The predicted molar refractivity (Wildman–Crippen MR) is 112 cm³/mol. The lowest BCUT2D eigenvalue weighted by atomic mass is 10.1. The second-order valence-electron chi connectivity index (χ2n) is 7.15. The summed E-state index contributed by atoms with van der Waals surface area (Å²) < 4.78 is 17.2. The van der Waals surface area contributed by atoms with Crippen LogP contribution in [0.25, 0.3) is 0 Å². The molecule has 0 spiro atoms. The summed E-state index contributed by atoms with van der Waals surface area (Å²) >= 11 is 0. The Morgan fingerprint density at radius 1 is 1.21 bits per heavy atom. The number of benzene rings is 2. The first kappa shape index (κ1) is 19.3. The second kappa shape index (κ2) is 9.01. The highest BCUT2D eigenvalue weighted by Gasteiger charge is 2.29. The highest BCUT2D eigenvalue weighted by Crippen LogP contribution is 2.35. The number of amides is 1. The topological polar surface area (TPSA) is 60.0 Å². The van der Waals surface area contributed by atoms with Crippen LogP contribution in [0.5, 0.6) is 17.2 Å². The van der Waals surface area contributed by atoms with Crippen LogP contribution >= 0.6 is 0 Å². The van der Waals surface area contributed by atoms with E-state index >= 15 is 0 Å². The van der Waals surface area contributed by atoms with Crippen LogP contribution in [0, 0.1) is 5.92 Å². The fourth-order valence-electron chi connectivity index (χ4n) is 3.68. The Bertz CT molecular complexity index is 877. The lowest BCUT2D eigenvalue weighted by molar-refractivity contribution is -0.122. The summed E-state index contributed by atoms with van der Waals surface area (Å²) in [5.74, 6) is 2.21. The van der Waals surface area contributed by atoms with Crippen molar-refractivity contribution in [2.45, 2.75) is 13.0 Å². The van der Waals surface area contributed by atoms with Crippen LogP contribution in [0.15, 0.2) is 55.1 Å². The van der Waals surface area contributed by atoms with E-state index in [1.807, 2.05) is 47.4 Å². The highest BCUT2D eigenvalue weighted by molar-refractivity contribution is 5.95. The molecule has 1 unspecified atom stereocenters. The molecule has 2 aromatic rings. The Hall–Kier alpha value is -2.99. The van der Waals surface area contributed by atoms with Crippen molar-refractivity contribution >= 4 is 11.6 Å². The summed E-state index contributed by atoms with van der Waals surface area (Å²) in [7, 11) is 0. The van der Waals surface area contributed by atoms with Crippen molar-refractivity contribution in [3.63, 3.8) is 0 Å². The Morgan fingerprint density at radius 2 is 2.03 bits per heavy atom. The van der Waals surface area contributed by atoms with Gasteiger partial charge in [0, 0.05) is 23.9 Å². The summed E-state index contributed by atoms with van der Waals surface area (Å²) in [6.07, 6.45) is 2.55. The number of para-hydroxylation sites is 1. The minimum atomic E-state index is -0.0375. The molecule has 4 rings (SSSR count). The van der Waals surface area contributed by atoms with E-state index in [1.54, 1.807) is 6.08 Å². The largest absolute Gasteiger partial charge is 0.489 e. The maximum atomic E-state index is 13.4. The van der Waals surface area contributed by atoms with Gasteiger partial charge in [-0.05, 0) is 31.2 Å². The van der Waals surface area contributed by atoms with Gasteiger partial charge in [-0.2, -0.15) is 0 Å². The Kier molecular flexibility index (Phi) is 6.00. The standard InChI is InChI=1S/C23H26N2O4/c1-2-11-27-20-6-4-3-5-18(20)16-25(23(26)17-9-10-24-15-17)19-7-8-21-22(14-19)29-13-12-28-21/h2-8,14,17,24H,1,9-13,15-16H2. The molecule has 0 bridgehead atoms. The van der Waals surface area contributed by atoms with Gasteiger partial charge in [-0.1, -0.05) is 30.9 Å². The first-order valence-corrected chi connectivity index (χ1v) is 9.99. The van der Waals surface area contributed by atoms with Gasteiger partial charge in [0.25, 0.3) is 0 Å². The molecule has 0 radical (unpaired) electrons. The number of carbonyl (C=O) groups is 1.